The van der Waals surface area contributed by atoms with Gasteiger partial charge in [0.2, 0.25) is 6.79 Å². The summed E-state index contributed by atoms with van der Waals surface area (Å²) in [6.07, 6.45) is 0.136. The molecule has 0 aliphatic carbocycles. The molecule has 1 saturated heterocycles. The first-order valence-electron chi connectivity index (χ1n) is 10.5. The Morgan fingerprint density at radius 3 is 2.91 bits per heavy atom. The van der Waals surface area contributed by atoms with Crippen LogP contribution in [0.3, 0.4) is 0 Å². The van der Waals surface area contributed by atoms with Crippen molar-refractivity contribution >= 4 is 17.0 Å². The number of ether oxygens (including phenoxy) is 4. The van der Waals surface area contributed by atoms with E-state index in [9.17, 15) is 10.2 Å². The SMILES string of the molecule is CCCOC[C@H]1O[C@@H](n2cnc3c(NCc4ccc5c(c4)OCO5)ncnc32)[C@@H](O)C1O. The summed E-state index contributed by atoms with van der Waals surface area (Å²) >= 11 is 0. The summed E-state index contributed by atoms with van der Waals surface area (Å²) in [6, 6.07) is 5.73. The Morgan fingerprint density at radius 1 is 1.16 bits per heavy atom. The van der Waals surface area contributed by atoms with Gasteiger partial charge in [-0.3, -0.25) is 4.57 Å². The van der Waals surface area contributed by atoms with Gasteiger partial charge in [0, 0.05) is 13.2 Å². The lowest BCUT2D eigenvalue weighted by Gasteiger charge is -2.16. The van der Waals surface area contributed by atoms with E-state index in [-0.39, 0.29) is 13.4 Å². The Hall–Kier alpha value is -2.99. The third-order valence-electron chi connectivity index (χ3n) is 5.50. The molecule has 4 heterocycles. The Morgan fingerprint density at radius 2 is 2.03 bits per heavy atom. The molecule has 0 saturated carbocycles. The third kappa shape index (κ3) is 3.84. The van der Waals surface area contributed by atoms with Gasteiger partial charge in [0.15, 0.2) is 34.7 Å². The minimum Gasteiger partial charge on any atom is -0.454 e. The summed E-state index contributed by atoms with van der Waals surface area (Å²) in [5.41, 5.74) is 2.01. The van der Waals surface area contributed by atoms with Crippen molar-refractivity contribution in [2.24, 2.45) is 0 Å². The van der Waals surface area contributed by atoms with Crippen LogP contribution >= 0.6 is 0 Å². The van der Waals surface area contributed by atoms with E-state index in [0.717, 1.165) is 17.7 Å². The number of hydrogen-bond acceptors (Lipinski definition) is 10. The Kier molecular flexibility index (Phi) is 5.79. The monoisotopic (exact) mass is 443 g/mol. The topological polar surface area (TPSA) is 133 Å². The number of fused-ring (bicyclic) bond motifs is 2. The summed E-state index contributed by atoms with van der Waals surface area (Å²) in [5.74, 6) is 1.99. The van der Waals surface area contributed by atoms with Gasteiger partial charge in [-0.1, -0.05) is 13.0 Å². The van der Waals surface area contributed by atoms with Crippen molar-refractivity contribution in [2.45, 2.75) is 44.4 Å². The second-order valence-corrected chi connectivity index (χ2v) is 7.71. The summed E-state index contributed by atoms with van der Waals surface area (Å²) in [5, 5.41) is 24.2. The third-order valence-corrected chi connectivity index (χ3v) is 5.50. The van der Waals surface area contributed by atoms with Crippen LogP contribution in [-0.2, 0) is 16.0 Å². The Labute approximate surface area is 183 Å². The normalized spacial score (nSPS) is 24.3. The molecule has 3 aromatic rings. The predicted octanol–water partition coefficient (Wildman–Crippen LogP) is 1.21. The molecule has 0 radical (unpaired) electrons. The van der Waals surface area contributed by atoms with E-state index in [1.165, 1.54) is 12.7 Å². The molecule has 0 bridgehead atoms. The average Bonchev–Trinajstić information content (AvgIpc) is 3.51. The highest BCUT2D eigenvalue weighted by Crippen LogP contribution is 2.34. The Bertz CT molecular complexity index is 1090. The smallest absolute Gasteiger partial charge is 0.231 e. The lowest BCUT2D eigenvalue weighted by atomic mass is 10.1. The van der Waals surface area contributed by atoms with Gasteiger partial charge < -0.3 is 34.5 Å². The summed E-state index contributed by atoms with van der Waals surface area (Å²) in [6.45, 7) is 3.48. The van der Waals surface area contributed by atoms with E-state index in [1.807, 2.05) is 25.1 Å². The average molecular weight is 443 g/mol. The van der Waals surface area contributed by atoms with Crippen molar-refractivity contribution in [3.05, 3.63) is 36.4 Å². The van der Waals surface area contributed by atoms with Crippen molar-refractivity contribution < 1.29 is 29.2 Å². The van der Waals surface area contributed by atoms with Gasteiger partial charge in [-0.2, -0.15) is 0 Å². The highest BCUT2D eigenvalue weighted by Gasteiger charge is 2.44. The highest BCUT2D eigenvalue weighted by atomic mass is 16.7. The van der Waals surface area contributed by atoms with Crippen LogP contribution < -0.4 is 14.8 Å². The molecule has 0 amide bonds. The van der Waals surface area contributed by atoms with Crippen molar-refractivity contribution in [1.82, 2.24) is 19.5 Å². The number of anilines is 1. The fourth-order valence-electron chi connectivity index (χ4n) is 3.84. The fraction of sp³-hybridized carbons (Fsp3) is 0.476. The number of nitrogens with zero attached hydrogens (tertiary/aromatic N) is 4. The van der Waals surface area contributed by atoms with E-state index in [2.05, 4.69) is 20.3 Å². The second kappa shape index (κ2) is 8.87. The van der Waals surface area contributed by atoms with E-state index in [0.29, 0.717) is 35.9 Å². The number of aliphatic hydroxyl groups excluding tert-OH is 2. The molecule has 5 rings (SSSR count). The van der Waals surface area contributed by atoms with Gasteiger partial charge in [0.05, 0.1) is 12.9 Å². The van der Waals surface area contributed by atoms with Gasteiger partial charge in [0.25, 0.3) is 0 Å². The van der Waals surface area contributed by atoms with Crippen LogP contribution in [0.1, 0.15) is 25.1 Å². The zero-order valence-corrected chi connectivity index (χ0v) is 17.5. The molecule has 1 fully saturated rings. The number of rotatable bonds is 8. The standard InChI is InChI=1S/C21H25N5O6/c1-2-5-29-8-15-17(27)18(28)21(32-15)26-10-25-16-19(23-9-24-20(16)26)22-7-12-3-4-13-14(6-12)31-11-30-13/h3-4,6,9-10,15,17-18,21,27-28H,2,5,7-8,11H2,1H3,(H,22,23,24)/t15-,17?,18+,21-/m1/s1. The van der Waals surface area contributed by atoms with Gasteiger partial charge in [-0.25, -0.2) is 15.0 Å². The minimum atomic E-state index is -1.14. The molecule has 1 aromatic carbocycles. The van der Waals surface area contributed by atoms with Gasteiger partial charge in [0.1, 0.15) is 24.6 Å². The molecule has 170 valence electrons. The van der Waals surface area contributed by atoms with Crippen molar-refractivity contribution in [2.75, 3.05) is 25.3 Å². The second-order valence-electron chi connectivity index (χ2n) is 7.71. The summed E-state index contributed by atoms with van der Waals surface area (Å²) in [4.78, 5) is 13.0. The molecule has 2 aliphatic heterocycles. The molecule has 2 aromatic heterocycles. The van der Waals surface area contributed by atoms with E-state index >= 15 is 0 Å². The fourth-order valence-corrected chi connectivity index (χ4v) is 3.84. The number of nitrogens with one attached hydrogen (secondary N) is 1. The van der Waals surface area contributed by atoms with Crippen LogP contribution in [0.4, 0.5) is 5.82 Å². The molecule has 3 N–H and O–H groups in total. The molecule has 1 unspecified atom stereocenters. The number of benzene rings is 1. The van der Waals surface area contributed by atoms with Crippen LogP contribution in [0.5, 0.6) is 11.5 Å². The molecule has 32 heavy (non-hydrogen) atoms. The summed E-state index contributed by atoms with van der Waals surface area (Å²) in [7, 11) is 0. The first-order valence-corrected chi connectivity index (χ1v) is 10.5. The van der Waals surface area contributed by atoms with Crippen LogP contribution in [0.25, 0.3) is 11.2 Å². The minimum absolute atomic E-state index is 0.201. The maximum atomic E-state index is 10.6. The van der Waals surface area contributed by atoms with Gasteiger partial charge in [-0.05, 0) is 24.1 Å². The molecule has 4 atom stereocenters. The van der Waals surface area contributed by atoms with Gasteiger partial charge in [-0.15, -0.1) is 0 Å². The molecule has 0 spiro atoms. The van der Waals surface area contributed by atoms with Crippen LogP contribution in [-0.4, -0.2) is 68.1 Å². The van der Waals surface area contributed by atoms with Crippen LogP contribution in [0.2, 0.25) is 0 Å². The van der Waals surface area contributed by atoms with Crippen molar-refractivity contribution in [3.63, 3.8) is 0 Å². The van der Waals surface area contributed by atoms with Crippen molar-refractivity contribution in [1.29, 1.82) is 0 Å². The number of aliphatic hydroxyl groups is 2. The van der Waals surface area contributed by atoms with Crippen LogP contribution in [0, 0.1) is 0 Å². The molecular formula is C21H25N5O6. The molecular weight excluding hydrogens is 418 g/mol. The van der Waals surface area contributed by atoms with E-state index in [1.54, 1.807) is 4.57 Å². The quantitative estimate of drug-likeness (QED) is 0.436. The van der Waals surface area contributed by atoms with Crippen molar-refractivity contribution in [3.8, 4) is 11.5 Å². The largest absolute Gasteiger partial charge is 0.454 e. The maximum Gasteiger partial charge on any atom is 0.231 e. The molecule has 2 aliphatic rings. The number of imidazole rings is 1. The van der Waals surface area contributed by atoms with Crippen LogP contribution in [0.15, 0.2) is 30.9 Å². The predicted molar refractivity (Wildman–Crippen MR) is 112 cm³/mol. The summed E-state index contributed by atoms with van der Waals surface area (Å²) < 4.78 is 23.7. The molecule has 11 heteroatoms. The lowest BCUT2D eigenvalue weighted by Crippen LogP contribution is -2.33. The maximum absolute atomic E-state index is 10.6. The molecule has 11 nitrogen and oxygen atoms in total. The lowest BCUT2D eigenvalue weighted by molar-refractivity contribution is -0.0652. The Balaban J connectivity index is 1.33. The first-order chi connectivity index (χ1) is 15.7. The van der Waals surface area contributed by atoms with E-state index < -0.39 is 24.5 Å². The number of aromatic nitrogens is 4. The number of hydrogen-bond donors (Lipinski definition) is 3. The highest BCUT2D eigenvalue weighted by molar-refractivity contribution is 5.82. The zero-order chi connectivity index (χ0) is 22.1. The van der Waals surface area contributed by atoms with Gasteiger partial charge >= 0.3 is 0 Å². The first kappa shape index (κ1) is 20.9. The zero-order valence-electron chi connectivity index (χ0n) is 17.5. The van der Waals surface area contributed by atoms with E-state index in [4.69, 9.17) is 18.9 Å².